The maximum Gasteiger partial charge on any atom is 0.294 e. The Bertz CT molecular complexity index is 727. The number of nitrogens with one attached hydrogen (secondary N) is 1. The van der Waals surface area contributed by atoms with Gasteiger partial charge in [-0.3, -0.25) is 19.3 Å². The van der Waals surface area contributed by atoms with Crippen LogP contribution in [-0.2, 0) is 14.4 Å². The Kier molecular flexibility index (Phi) is 5.91. The number of hydrogen-bond donors (Lipinski definition) is 1. The van der Waals surface area contributed by atoms with Crippen LogP contribution in [0, 0.1) is 0 Å². The van der Waals surface area contributed by atoms with Gasteiger partial charge in [0.15, 0.2) is 0 Å². The number of carbonyl (C=O) groups is 4. The van der Waals surface area contributed by atoms with Gasteiger partial charge in [-0.15, -0.1) is 0 Å². The van der Waals surface area contributed by atoms with E-state index in [-0.39, 0.29) is 4.91 Å². The molecule has 1 aromatic rings. The first-order valence-electron chi connectivity index (χ1n) is 6.91. The molecule has 1 aliphatic rings. The Labute approximate surface area is 142 Å². The van der Waals surface area contributed by atoms with E-state index >= 15 is 0 Å². The van der Waals surface area contributed by atoms with Gasteiger partial charge in [-0.2, -0.15) is 0 Å². The molecule has 2 rings (SSSR count). The molecule has 1 fully saturated rings. The average Bonchev–Trinajstić information content (AvgIpc) is 2.82. The lowest BCUT2D eigenvalue weighted by Crippen LogP contribution is -2.43. The summed E-state index contributed by atoms with van der Waals surface area (Å²) in [6, 6.07) is 9.40. The molecule has 1 N–H and O–H groups in total. The number of benzene rings is 1. The van der Waals surface area contributed by atoms with E-state index in [1.165, 1.54) is 6.08 Å². The van der Waals surface area contributed by atoms with Crippen molar-refractivity contribution in [2.75, 3.05) is 13.1 Å². The van der Waals surface area contributed by atoms with E-state index in [0.717, 1.165) is 22.2 Å². The van der Waals surface area contributed by atoms with Crippen LogP contribution < -0.4 is 10.4 Å². The van der Waals surface area contributed by atoms with Gasteiger partial charge < -0.3 is 15.2 Å². The molecule has 8 heteroatoms. The molecule has 0 bridgehead atoms. The molecule has 1 aliphatic heterocycles. The molecule has 1 heterocycles. The predicted octanol–water partition coefficient (Wildman–Crippen LogP) is 0.145. The second kappa shape index (κ2) is 8.11. The van der Waals surface area contributed by atoms with Gasteiger partial charge in [0, 0.05) is 0 Å². The van der Waals surface area contributed by atoms with E-state index in [9.17, 15) is 24.3 Å². The number of carbonyl (C=O) groups excluding carboxylic acids is 4. The van der Waals surface area contributed by atoms with E-state index < -0.39 is 36.1 Å². The number of aliphatic carboxylic acids is 1. The lowest BCUT2D eigenvalue weighted by molar-refractivity contribution is -0.304. The summed E-state index contributed by atoms with van der Waals surface area (Å²) in [7, 11) is 0. The van der Waals surface area contributed by atoms with Crippen molar-refractivity contribution in [3.63, 3.8) is 0 Å². The van der Waals surface area contributed by atoms with Gasteiger partial charge in [0.1, 0.15) is 6.54 Å². The van der Waals surface area contributed by atoms with Crippen molar-refractivity contribution < 1.29 is 24.3 Å². The molecule has 0 aromatic heterocycles. The van der Waals surface area contributed by atoms with Crippen molar-refractivity contribution in [2.45, 2.75) is 0 Å². The van der Waals surface area contributed by atoms with Crippen molar-refractivity contribution in [3.05, 3.63) is 53.0 Å². The quantitative estimate of drug-likeness (QED) is 0.735. The molecule has 0 aliphatic carbocycles. The second-order valence-corrected chi connectivity index (χ2v) is 5.70. The van der Waals surface area contributed by atoms with E-state index in [2.05, 4.69) is 0 Å². The number of amides is 3. The largest absolute Gasteiger partial charge is 0.548 e. The van der Waals surface area contributed by atoms with Gasteiger partial charge in [-0.05, 0) is 23.4 Å². The fourth-order valence-electron chi connectivity index (χ4n) is 1.83. The monoisotopic (exact) mass is 345 g/mol. The first kappa shape index (κ1) is 17.5. The molecule has 1 saturated heterocycles. The Morgan fingerprint density at radius 1 is 1.21 bits per heavy atom. The van der Waals surface area contributed by atoms with Gasteiger partial charge in [-0.1, -0.05) is 42.5 Å². The van der Waals surface area contributed by atoms with Gasteiger partial charge in [0.25, 0.3) is 11.1 Å². The van der Waals surface area contributed by atoms with Gasteiger partial charge in [0.2, 0.25) is 5.91 Å². The summed E-state index contributed by atoms with van der Waals surface area (Å²) in [5.41, 5.74) is 0.939. The predicted molar refractivity (Wildman–Crippen MR) is 86.3 cm³/mol. The van der Waals surface area contributed by atoms with Crippen LogP contribution in [0.15, 0.2) is 47.4 Å². The molecular weight excluding hydrogens is 332 g/mol. The lowest BCUT2D eigenvalue weighted by atomic mass is 10.2. The highest BCUT2D eigenvalue weighted by atomic mass is 32.2. The highest BCUT2D eigenvalue weighted by Gasteiger charge is 2.35. The Hall–Kier alpha value is -2.87. The molecule has 0 saturated carbocycles. The van der Waals surface area contributed by atoms with Crippen LogP contribution in [0.25, 0.3) is 6.08 Å². The smallest absolute Gasteiger partial charge is 0.294 e. The van der Waals surface area contributed by atoms with E-state index in [4.69, 9.17) is 0 Å². The number of nitrogens with zero attached hydrogens (tertiary/aromatic N) is 1. The normalized spacial score (nSPS) is 16.2. The molecule has 0 unspecified atom stereocenters. The molecule has 124 valence electrons. The van der Waals surface area contributed by atoms with Crippen molar-refractivity contribution in [1.82, 2.24) is 10.2 Å². The number of carboxylic acid groups (broad SMARTS) is 1. The maximum atomic E-state index is 12.1. The molecule has 1 aromatic carbocycles. The van der Waals surface area contributed by atoms with Gasteiger partial charge in [-0.25, -0.2) is 0 Å². The number of thioether (sulfide) groups is 1. The summed E-state index contributed by atoms with van der Waals surface area (Å²) in [4.78, 5) is 46.6. The molecule has 0 radical (unpaired) electrons. The minimum atomic E-state index is -1.46. The van der Waals surface area contributed by atoms with Crippen LogP contribution in [-0.4, -0.2) is 41.0 Å². The molecular formula is C16H13N2O5S-. The zero-order valence-corrected chi connectivity index (χ0v) is 13.2. The third kappa shape index (κ3) is 4.82. The first-order chi connectivity index (χ1) is 11.5. The zero-order chi connectivity index (χ0) is 17.5. The van der Waals surface area contributed by atoms with Crippen molar-refractivity contribution in [1.29, 1.82) is 0 Å². The Balaban J connectivity index is 1.98. The van der Waals surface area contributed by atoms with Gasteiger partial charge in [0.05, 0.1) is 17.4 Å². The standard InChI is InChI=1S/C16H14N2O5S/c19-13(17-9-14(20)21)10-18-15(22)12(24-16(18)23)8-4-7-11-5-2-1-3-6-11/h1-8H,9-10H2,(H,17,19)(H,20,21)/p-1. The summed E-state index contributed by atoms with van der Waals surface area (Å²) in [6.07, 6.45) is 4.92. The molecule has 7 nitrogen and oxygen atoms in total. The molecule has 24 heavy (non-hydrogen) atoms. The lowest BCUT2D eigenvalue weighted by Gasteiger charge is -2.12. The average molecular weight is 345 g/mol. The van der Waals surface area contributed by atoms with Gasteiger partial charge >= 0.3 is 0 Å². The summed E-state index contributed by atoms with van der Waals surface area (Å²) in [6.45, 7) is -1.21. The summed E-state index contributed by atoms with van der Waals surface area (Å²) in [5.74, 6) is -2.79. The van der Waals surface area contributed by atoms with Crippen LogP contribution in [0.5, 0.6) is 0 Å². The molecule has 3 amide bonds. The van der Waals surface area contributed by atoms with E-state index in [1.807, 2.05) is 35.6 Å². The summed E-state index contributed by atoms with van der Waals surface area (Å²) >= 11 is 0.722. The van der Waals surface area contributed by atoms with Crippen LogP contribution >= 0.6 is 11.8 Å². The first-order valence-corrected chi connectivity index (χ1v) is 7.72. The summed E-state index contributed by atoms with van der Waals surface area (Å²) < 4.78 is 0. The third-order valence-corrected chi connectivity index (χ3v) is 3.87. The summed E-state index contributed by atoms with van der Waals surface area (Å²) in [5, 5.41) is 11.7. The topological polar surface area (TPSA) is 107 Å². The second-order valence-electron chi connectivity index (χ2n) is 4.71. The highest BCUT2D eigenvalue weighted by Crippen LogP contribution is 2.30. The Morgan fingerprint density at radius 3 is 2.58 bits per heavy atom. The molecule has 0 spiro atoms. The zero-order valence-electron chi connectivity index (χ0n) is 12.4. The van der Waals surface area contributed by atoms with Crippen LogP contribution in [0.4, 0.5) is 4.79 Å². The van der Waals surface area contributed by atoms with Crippen molar-refractivity contribution in [2.24, 2.45) is 0 Å². The number of carboxylic acids is 1. The number of hydrogen-bond acceptors (Lipinski definition) is 6. The van der Waals surface area contributed by atoms with Crippen LogP contribution in [0.1, 0.15) is 5.56 Å². The Morgan fingerprint density at radius 2 is 1.92 bits per heavy atom. The number of rotatable bonds is 6. The SMILES string of the molecule is O=C([O-])CNC(=O)CN1C(=O)SC(=CC=Cc2ccccc2)C1=O. The fourth-order valence-corrected chi connectivity index (χ4v) is 2.62. The van der Waals surface area contributed by atoms with E-state index in [1.54, 1.807) is 12.2 Å². The highest BCUT2D eigenvalue weighted by molar-refractivity contribution is 8.18. The van der Waals surface area contributed by atoms with E-state index in [0.29, 0.717) is 0 Å². The third-order valence-electron chi connectivity index (χ3n) is 2.94. The minimum Gasteiger partial charge on any atom is -0.548 e. The van der Waals surface area contributed by atoms with Crippen molar-refractivity contribution >= 4 is 40.9 Å². The minimum absolute atomic E-state index is 0.194. The van der Waals surface area contributed by atoms with Crippen LogP contribution in [0.2, 0.25) is 0 Å². The molecule has 0 atom stereocenters. The van der Waals surface area contributed by atoms with Crippen LogP contribution in [0.3, 0.4) is 0 Å². The maximum absolute atomic E-state index is 12.1. The number of imide groups is 1. The number of allylic oxidation sites excluding steroid dienone is 2. The van der Waals surface area contributed by atoms with Crippen molar-refractivity contribution in [3.8, 4) is 0 Å². The fraction of sp³-hybridized carbons (Fsp3) is 0.125.